The second kappa shape index (κ2) is 7.10. The SMILES string of the molecule is OCCOC1CCN(c2ccc(Cl)cc2CO)CC1. The summed E-state index contributed by atoms with van der Waals surface area (Å²) in [6.07, 6.45) is 2.11. The van der Waals surface area contributed by atoms with E-state index in [2.05, 4.69) is 4.90 Å². The number of nitrogens with zero attached hydrogens (tertiary/aromatic N) is 1. The standard InChI is InChI=1S/C14H20ClNO3/c15-12-1-2-14(11(9-12)10-18)16-5-3-13(4-6-16)19-8-7-17/h1-2,9,13,17-18H,3-8,10H2. The van der Waals surface area contributed by atoms with Crippen LogP contribution in [0.3, 0.4) is 0 Å². The van der Waals surface area contributed by atoms with Crippen molar-refractivity contribution in [1.82, 2.24) is 0 Å². The average molecular weight is 286 g/mol. The van der Waals surface area contributed by atoms with Crippen LogP contribution in [-0.2, 0) is 11.3 Å². The molecular weight excluding hydrogens is 266 g/mol. The van der Waals surface area contributed by atoms with Crippen molar-refractivity contribution in [1.29, 1.82) is 0 Å². The lowest BCUT2D eigenvalue weighted by atomic mass is 10.1. The molecular formula is C14H20ClNO3. The number of anilines is 1. The summed E-state index contributed by atoms with van der Waals surface area (Å²) in [6.45, 7) is 2.27. The third kappa shape index (κ3) is 3.83. The number of rotatable bonds is 5. The molecule has 0 bridgehead atoms. The maximum atomic E-state index is 9.40. The lowest BCUT2D eigenvalue weighted by Gasteiger charge is -2.34. The van der Waals surface area contributed by atoms with Crippen LogP contribution >= 0.6 is 11.6 Å². The van der Waals surface area contributed by atoms with Crippen LogP contribution in [0.15, 0.2) is 18.2 Å². The Morgan fingerprint density at radius 3 is 2.63 bits per heavy atom. The number of hydrogen-bond donors (Lipinski definition) is 2. The molecule has 0 saturated carbocycles. The summed E-state index contributed by atoms with van der Waals surface area (Å²) < 4.78 is 5.54. The Hall–Kier alpha value is -0.810. The molecule has 1 heterocycles. The Morgan fingerprint density at radius 1 is 1.26 bits per heavy atom. The van der Waals surface area contributed by atoms with E-state index in [1.807, 2.05) is 18.2 Å². The predicted octanol–water partition coefficient (Wildman–Crippen LogP) is 1.81. The molecule has 1 saturated heterocycles. The van der Waals surface area contributed by atoms with E-state index in [9.17, 15) is 5.11 Å². The van der Waals surface area contributed by atoms with Crippen LogP contribution < -0.4 is 4.90 Å². The van der Waals surface area contributed by atoms with Gasteiger partial charge in [-0.15, -0.1) is 0 Å². The van der Waals surface area contributed by atoms with Crippen molar-refractivity contribution in [2.24, 2.45) is 0 Å². The van der Waals surface area contributed by atoms with Gasteiger partial charge in [-0.25, -0.2) is 0 Å². The van der Waals surface area contributed by atoms with Crippen LogP contribution in [0, 0.1) is 0 Å². The predicted molar refractivity (Wildman–Crippen MR) is 75.6 cm³/mol. The number of piperidine rings is 1. The minimum atomic E-state index is -0.00314. The van der Waals surface area contributed by atoms with Gasteiger partial charge in [-0.1, -0.05) is 11.6 Å². The van der Waals surface area contributed by atoms with Gasteiger partial charge in [-0.3, -0.25) is 0 Å². The van der Waals surface area contributed by atoms with Crippen molar-refractivity contribution in [2.45, 2.75) is 25.6 Å². The van der Waals surface area contributed by atoms with Crippen LogP contribution in [0.25, 0.3) is 0 Å². The van der Waals surface area contributed by atoms with Gasteiger partial charge in [0.05, 0.1) is 25.9 Å². The van der Waals surface area contributed by atoms with E-state index in [4.69, 9.17) is 21.4 Å². The van der Waals surface area contributed by atoms with Crippen molar-refractivity contribution in [3.8, 4) is 0 Å². The third-order valence-electron chi connectivity index (χ3n) is 3.44. The maximum absolute atomic E-state index is 9.40. The molecule has 5 heteroatoms. The molecule has 1 fully saturated rings. The zero-order valence-electron chi connectivity index (χ0n) is 10.9. The summed E-state index contributed by atoms with van der Waals surface area (Å²) in [5.41, 5.74) is 1.91. The summed E-state index contributed by atoms with van der Waals surface area (Å²) in [5.74, 6) is 0. The van der Waals surface area contributed by atoms with Crippen LogP contribution in [-0.4, -0.2) is 42.6 Å². The van der Waals surface area contributed by atoms with Crippen molar-refractivity contribution in [2.75, 3.05) is 31.2 Å². The van der Waals surface area contributed by atoms with Crippen molar-refractivity contribution < 1.29 is 14.9 Å². The van der Waals surface area contributed by atoms with Gasteiger partial charge >= 0.3 is 0 Å². The Kier molecular flexibility index (Phi) is 5.45. The molecule has 0 unspecified atom stereocenters. The second-order valence-electron chi connectivity index (χ2n) is 4.71. The maximum Gasteiger partial charge on any atom is 0.0702 e. The van der Waals surface area contributed by atoms with Crippen molar-refractivity contribution in [3.05, 3.63) is 28.8 Å². The summed E-state index contributed by atoms with van der Waals surface area (Å²) >= 11 is 5.94. The minimum absolute atomic E-state index is 0.00314. The Morgan fingerprint density at radius 2 is 2.00 bits per heavy atom. The molecule has 0 atom stereocenters. The van der Waals surface area contributed by atoms with Crippen LogP contribution in [0.4, 0.5) is 5.69 Å². The molecule has 0 radical (unpaired) electrons. The highest BCUT2D eigenvalue weighted by Gasteiger charge is 2.21. The number of aliphatic hydroxyl groups is 2. The molecule has 0 amide bonds. The average Bonchev–Trinajstić information content (AvgIpc) is 2.45. The molecule has 0 aromatic heterocycles. The fourth-order valence-corrected chi connectivity index (χ4v) is 2.67. The molecule has 4 nitrogen and oxygen atoms in total. The number of benzene rings is 1. The summed E-state index contributed by atoms with van der Waals surface area (Å²) in [6, 6.07) is 5.62. The van der Waals surface area contributed by atoms with Crippen LogP contribution in [0.5, 0.6) is 0 Å². The van der Waals surface area contributed by atoms with Crippen LogP contribution in [0.1, 0.15) is 18.4 Å². The first-order chi connectivity index (χ1) is 9.24. The van der Waals surface area contributed by atoms with E-state index in [1.54, 1.807) is 0 Å². The van der Waals surface area contributed by atoms with Crippen molar-refractivity contribution in [3.63, 3.8) is 0 Å². The van der Waals surface area contributed by atoms with E-state index in [-0.39, 0.29) is 19.3 Å². The van der Waals surface area contributed by atoms with E-state index < -0.39 is 0 Å². The summed E-state index contributed by atoms with van der Waals surface area (Å²) in [4.78, 5) is 2.25. The van der Waals surface area contributed by atoms with Gasteiger partial charge in [0.1, 0.15) is 0 Å². The highest BCUT2D eigenvalue weighted by molar-refractivity contribution is 6.30. The Bertz CT molecular complexity index is 406. The largest absolute Gasteiger partial charge is 0.394 e. The molecule has 19 heavy (non-hydrogen) atoms. The van der Waals surface area contributed by atoms with Crippen LogP contribution in [0.2, 0.25) is 5.02 Å². The van der Waals surface area contributed by atoms with E-state index in [0.717, 1.165) is 37.2 Å². The lowest BCUT2D eigenvalue weighted by molar-refractivity contribution is 0.0159. The molecule has 1 aromatic rings. The fourth-order valence-electron chi connectivity index (χ4n) is 2.47. The molecule has 106 valence electrons. The Balaban J connectivity index is 1.97. The topological polar surface area (TPSA) is 52.9 Å². The minimum Gasteiger partial charge on any atom is -0.394 e. The third-order valence-corrected chi connectivity index (χ3v) is 3.67. The normalized spacial score (nSPS) is 16.9. The molecule has 0 spiro atoms. The first-order valence-electron chi connectivity index (χ1n) is 6.61. The number of aliphatic hydroxyl groups excluding tert-OH is 2. The number of halogens is 1. The molecule has 2 rings (SSSR count). The van der Waals surface area contributed by atoms with E-state index >= 15 is 0 Å². The molecule has 1 aromatic carbocycles. The van der Waals surface area contributed by atoms with Gasteiger partial charge in [-0.05, 0) is 31.0 Å². The zero-order chi connectivity index (χ0) is 13.7. The monoisotopic (exact) mass is 285 g/mol. The van der Waals surface area contributed by atoms with Gasteiger partial charge in [0.2, 0.25) is 0 Å². The molecule has 1 aliphatic heterocycles. The molecule has 2 N–H and O–H groups in total. The lowest BCUT2D eigenvalue weighted by Crippen LogP contribution is -2.37. The van der Waals surface area contributed by atoms with Gasteiger partial charge < -0.3 is 19.8 Å². The molecule has 0 aliphatic carbocycles. The molecule has 1 aliphatic rings. The number of hydrogen-bond acceptors (Lipinski definition) is 4. The smallest absolute Gasteiger partial charge is 0.0702 e. The first-order valence-corrected chi connectivity index (χ1v) is 6.99. The van der Waals surface area contributed by atoms with Crippen molar-refractivity contribution >= 4 is 17.3 Å². The summed E-state index contributed by atoms with van der Waals surface area (Å²) in [7, 11) is 0. The van der Waals surface area contributed by atoms with E-state index in [0.29, 0.717) is 11.6 Å². The second-order valence-corrected chi connectivity index (χ2v) is 5.15. The summed E-state index contributed by atoms with van der Waals surface area (Å²) in [5, 5.41) is 18.8. The van der Waals surface area contributed by atoms with E-state index in [1.165, 1.54) is 0 Å². The van der Waals surface area contributed by atoms with Gasteiger partial charge in [-0.2, -0.15) is 0 Å². The highest BCUT2D eigenvalue weighted by Crippen LogP contribution is 2.27. The van der Waals surface area contributed by atoms with Gasteiger partial charge in [0.15, 0.2) is 0 Å². The van der Waals surface area contributed by atoms with Gasteiger partial charge in [0.25, 0.3) is 0 Å². The number of ether oxygens (including phenoxy) is 1. The van der Waals surface area contributed by atoms with Gasteiger partial charge in [0, 0.05) is 29.4 Å². The Labute approximate surface area is 118 Å². The highest BCUT2D eigenvalue weighted by atomic mass is 35.5. The quantitative estimate of drug-likeness (QED) is 0.866. The first kappa shape index (κ1) is 14.6. The zero-order valence-corrected chi connectivity index (χ0v) is 11.6. The fraction of sp³-hybridized carbons (Fsp3) is 0.571.